The molecule has 1 atom stereocenters. The molecule has 1 aliphatic heterocycles. The van der Waals surface area contributed by atoms with Crippen LogP contribution in [0.15, 0.2) is 24.3 Å². The lowest BCUT2D eigenvalue weighted by Gasteiger charge is -2.38. The molecule has 0 radical (unpaired) electrons. The van der Waals surface area contributed by atoms with E-state index in [0.29, 0.717) is 23.7 Å². The second-order valence-corrected chi connectivity index (χ2v) is 6.63. The fourth-order valence-electron chi connectivity index (χ4n) is 2.87. The summed E-state index contributed by atoms with van der Waals surface area (Å²) in [6.45, 7) is 0.554. The normalized spacial score (nSPS) is 22.9. The molecule has 6 heteroatoms. The first kappa shape index (κ1) is 16.8. The van der Waals surface area contributed by atoms with Crippen LogP contribution in [0, 0.1) is 23.2 Å². The van der Waals surface area contributed by atoms with Gasteiger partial charge in [0.1, 0.15) is 0 Å². The SMILES string of the molecule is N#Cc1ccc(C(=O)N2CCC(F)(F)C(COCC3CC3)C2)cc1. The summed E-state index contributed by atoms with van der Waals surface area (Å²) in [5.74, 6) is -3.52. The molecule has 1 saturated carbocycles. The van der Waals surface area contributed by atoms with Crippen molar-refractivity contribution in [2.75, 3.05) is 26.3 Å². The molecule has 1 aliphatic carbocycles. The minimum Gasteiger partial charge on any atom is -0.381 e. The number of benzene rings is 1. The van der Waals surface area contributed by atoms with E-state index in [9.17, 15) is 13.6 Å². The molecule has 1 amide bonds. The quantitative estimate of drug-likeness (QED) is 0.831. The lowest BCUT2D eigenvalue weighted by atomic mass is 9.93. The Morgan fingerprint density at radius 3 is 2.62 bits per heavy atom. The van der Waals surface area contributed by atoms with E-state index in [1.165, 1.54) is 4.90 Å². The van der Waals surface area contributed by atoms with Crippen molar-refractivity contribution >= 4 is 5.91 Å². The van der Waals surface area contributed by atoms with Crippen LogP contribution in [0.3, 0.4) is 0 Å². The molecule has 0 N–H and O–H groups in total. The zero-order valence-electron chi connectivity index (χ0n) is 13.4. The number of piperidine rings is 1. The average molecular weight is 334 g/mol. The average Bonchev–Trinajstić information content (AvgIpc) is 3.40. The fourth-order valence-corrected chi connectivity index (χ4v) is 2.87. The van der Waals surface area contributed by atoms with Crippen LogP contribution in [0.2, 0.25) is 0 Å². The number of amides is 1. The Morgan fingerprint density at radius 2 is 2.00 bits per heavy atom. The Balaban J connectivity index is 1.62. The Labute approximate surface area is 140 Å². The van der Waals surface area contributed by atoms with Gasteiger partial charge in [-0.05, 0) is 43.0 Å². The lowest BCUT2D eigenvalue weighted by molar-refractivity contribution is -0.122. The molecular formula is C18H20F2N2O2. The zero-order chi connectivity index (χ0) is 17.2. The molecule has 2 aliphatic rings. The van der Waals surface area contributed by atoms with Gasteiger partial charge in [-0.2, -0.15) is 5.26 Å². The van der Waals surface area contributed by atoms with Gasteiger partial charge in [-0.25, -0.2) is 8.78 Å². The van der Waals surface area contributed by atoms with Crippen molar-refractivity contribution < 1.29 is 18.3 Å². The van der Waals surface area contributed by atoms with Gasteiger partial charge >= 0.3 is 0 Å². The number of alkyl halides is 2. The van der Waals surface area contributed by atoms with Crippen molar-refractivity contribution in [2.24, 2.45) is 11.8 Å². The van der Waals surface area contributed by atoms with Crippen LogP contribution in [-0.2, 0) is 4.74 Å². The van der Waals surface area contributed by atoms with Crippen LogP contribution >= 0.6 is 0 Å². The molecule has 0 bridgehead atoms. The van der Waals surface area contributed by atoms with Gasteiger partial charge in [0.25, 0.3) is 11.8 Å². The van der Waals surface area contributed by atoms with Gasteiger partial charge < -0.3 is 9.64 Å². The van der Waals surface area contributed by atoms with E-state index in [0.717, 1.165) is 12.8 Å². The summed E-state index contributed by atoms with van der Waals surface area (Å²) in [6.07, 6.45) is 1.89. The second-order valence-electron chi connectivity index (χ2n) is 6.63. The first-order valence-electron chi connectivity index (χ1n) is 8.24. The van der Waals surface area contributed by atoms with Gasteiger partial charge in [-0.1, -0.05) is 0 Å². The first-order chi connectivity index (χ1) is 11.5. The number of carbonyl (C=O) groups is 1. The predicted molar refractivity (Wildman–Crippen MR) is 83.7 cm³/mol. The molecule has 1 aromatic rings. The zero-order valence-corrected chi connectivity index (χ0v) is 13.4. The number of rotatable bonds is 5. The van der Waals surface area contributed by atoms with Gasteiger partial charge in [0.15, 0.2) is 0 Å². The maximum atomic E-state index is 14.1. The molecule has 0 aromatic heterocycles. The predicted octanol–water partition coefficient (Wildman–Crippen LogP) is 3.08. The second kappa shape index (κ2) is 6.86. The van der Waals surface area contributed by atoms with Gasteiger partial charge in [-0.3, -0.25) is 4.79 Å². The van der Waals surface area contributed by atoms with Gasteiger partial charge in [-0.15, -0.1) is 0 Å². The number of likely N-dealkylation sites (tertiary alicyclic amines) is 1. The van der Waals surface area contributed by atoms with Crippen molar-refractivity contribution in [1.29, 1.82) is 5.26 Å². The molecule has 2 fully saturated rings. The third-order valence-electron chi connectivity index (χ3n) is 4.67. The van der Waals surface area contributed by atoms with E-state index in [4.69, 9.17) is 10.00 Å². The van der Waals surface area contributed by atoms with Gasteiger partial charge in [0.05, 0.1) is 24.2 Å². The van der Waals surface area contributed by atoms with Gasteiger partial charge in [0.2, 0.25) is 0 Å². The molecule has 0 spiro atoms. The van der Waals surface area contributed by atoms with Crippen LogP contribution in [0.1, 0.15) is 35.2 Å². The van der Waals surface area contributed by atoms with Crippen LogP contribution in [0.4, 0.5) is 8.78 Å². The van der Waals surface area contributed by atoms with Crippen LogP contribution in [-0.4, -0.2) is 43.0 Å². The van der Waals surface area contributed by atoms with Crippen LogP contribution in [0.25, 0.3) is 0 Å². The fraction of sp³-hybridized carbons (Fsp3) is 0.556. The summed E-state index contributed by atoms with van der Waals surface area (Å²) >= 11 is 0. The largest absolute Gasteiger partial charge is 0.381 e. The van der Waals surface area contributed by atoms with E-state index in [-0.39, 0.29) is 32.0 Å². The number of carbonyl (C=O) groups excluding carboxylic acids is 1. The third-order valence-corrected chi connectivity index (χ3v) is 4.67. The topological polar surface area (TPSA) is 53.3 Å². The van der Waals surface area contributed by atoms with Crippen molar-refractivity contribution in [1.82, 2.24) is 4.90 Å². The standard InChI is InChI=1S/C18H20F2N2O2/c19-18(20)7-8-22(10-16(18)12-24-11-14-1-2-14)17(23)15-5-3-13(9-21)4-6-15/h3-6,14,16H,1-2,7-8,10-12H2. The summed E-state index contributed by atoms with van der Waals surface area (Å²) in [4.78, 5) is 14.0. The molecule has 1 unspecified atom stereocenters. The minimum atomic E-state index is -2.80. The van der Waals surface area contributed by atoms with Crippen molar-refractivity contribution in [2.45, 2.75) is 25.2 Å². The highest BCUT2D eigenvalue weighted by Crippen LogP contribution is 2.35. The van der Waals surface area contributed by atoms with E-state index in [1.54, 1.807) is 24.3 Å². The van der Waals surface area contributed by atoms with E-state index >= 15 is 0 Å². The number of hydrogen-bond acceptors (Lipinski definition) is 3. The monoisotopic (exact) mass is 334 g/mol. The highest BCUT2D eigenvalue weighted by atomic mass is 19.3. The molecule has 1 aromatic carbocycles. The Bertz CT molecular complexity index is 635. The van der Waals surface area contributed by atoms with Crippen molar-refractivity contribution in [3.05, 3.63) is 35.4 Å². The Kier molecular flexibility index (Phi) is 4.81. The molecule has 4 nitrogen and oxygen atoms in total. The Morgan fingerprint density at radius 1 is 1.29 bits per heavy atom. The van der Waals surface area contributed by atoms with Crippen molar-refractivity contribution in [3.8, 4) is 6.07 Å². The minimum absolute atomic E-state index is 0.00347. The molecule has 1 saturated heterocycles. The summed E-state index contributed by atoms with van der Waals surface area (Å²) < 4.78 is 33.6. The van der Waals surface area contributed by atoms with Crippen LogP contribution < -0.4 is 0 Å². The number of nitriles is 1. The van der Waals surface area contributed by atoms with Crippen LogP contribution in [0.5, 0.6) is 0 Å². The maximum absolute atomic E-state index is 14.1. The van der Waals surface area contributed by atoms with E-state index in [2.05, 4.69) is 0 Å². The van der Waals surface area contributed by atoms with Gasteiger partial charge in [0, 0.05) is 31.7 Å². The summed E-state index contributed by atoms with van der Waals surface area (Å²) in [5, 5.41) is 8.79. The highest BCUT2D eigenvalue weighted by molar-refractivity contribution is 5.94. The molecule has 128 valence electrons. The first-order valence-corrected chi connectivity index (χ1v) is 8.24. The maximum Gasteiger partial charge on any atom is 0.256 e. The van der Waals surface area contributed by atoms with Crippen molar-refractivity contribution in [3.63, 3.8) is 0 Å². The lowest BCUT2D eigenvalue weighted by Crippen LogP contribution is -2.50. The number of ether oxygens (including phenoxy) is 1. The third kappa shape index (κ3) is 3.90. The summed E-state index contributed by atoms with van der Waals surface area (Å²) in [6, 6.07) is 8.23. The van der Waals surface area contributed by atoms with E-state index in [1.807, 2.05) is 6.07 Å². The number of nitrogens with zero attached hydrogens (tertiary/aromatic N) is 2. The molecule has 1 heterocycles. The molecule has 3 rings (SSSR count). The smallest absolute Gasteiger partial charge is 0.256 e. The van der Waals surface area contributed by atoms with E-state index < -0.39 is 11.8 Å². The highest BCUT2D eigenvalue weighted by Gasteiger charge is 2.45. The summed E-state index contributed by atoms with van der Waals surface area (Å²) in [7, 11) is 0. The molecule has 24 heavy (non-hydrogen) atoms. The number of halogens is 2. The molecular weight excluding hydrogens is 314 g/mol. The summed E-state index contributed by atoms with van der Waals surface area (Å²) in [5.41, 5.74) is 0.875. The number of hydrogen-bond donors (Lipinski definition) is 0. The Hall–Kier alpha value is -2.00.